The van der Waals surface area contributed by atoms with Gasteiger partial charge in [0.05, 0.1) is 16.4 Å². The van der Waals surface area contributed by atoms with Gasteiger partial charge in [-0.1, -0.05) is 30.3 Å². The van der Waals surface area contributed by atoms with E-state index in [2.05, 4.69) is 0 Å². The molecule has 1 saturated heterocycles. The zero-order valence-electron chi connectivity index (χ0n) is 16.8. The van der Waals surface area contributed by atoms with Crippen LogP contribution in [0.2, 0.25) is 0 Å². The number of sulfone groups is 2. The van der Waals surface area contributed by atoms with Gasteiger partial charge in [-0.15, -0.1) is 0 Å². The van der Waals surface area contributed by atoms with Gasteiger partial charge < -0.3 is 9.32 Å². The number of benzene rings is 2. The molecule has 0 N–H and O–H groups in total. The van der Waals surface area contributed by atoms with Gasteiger partial charge in [0, 0.05) is 12.6 Å². The number of hydrogen-bond donors (Lipinski definition) is 0. The van der Waals surface area contributed by atoms with Crippen molar-refractivity contribution in [3.63, 3.8) is 0 Å². The molecule has 4 rings (SSSR count). The smallest absolute Gasteiger partial charge is 0.290 e. The molecule has 1 aliphatic rings. The molecule has 2 heterocycles. The number of rotatable bonds is 6. The van der Waals surface area contributed by atoms with E-state index in [1.54, 1.807) is 18.2 Å². The lowest BCUT2D eigenvalue weighted by atomic mass is 10.1. The summed E-state index contributed by atoms with van der Waals surface area (Å²) < 4.78 is 68.2. The second-order valence-electron chi connectivity index (χ2n) is 7.55. The fraction of sp³-hybridized carbons (Fsp3) is 0.227. The second kappa shape index (κ2) is 8.51. The normalized spacial score (nSPS) is 17.8. The van der Waals surface area contributed by atoms with E-state index in [0.717, 1.165) is 0 Å². The van der Waals surface area contributed by atoms with Crippen molar-refractivity contribution >= 4 is 25.6 Å². The van der Waals surface area contributed by atoms with Gasteiger partial charge in [-0.2, -0.15) is 0 Å². The molecule has 1 fully saturated rings. The van der Waals surface area contributed by atoms with Gasteiger partial charge in [0.15, 0.2) is 15.6 Å². The Kier molecular flexibility index (Phi) is 5.91. The standard InChI is InChI=1S/C22H20FNO6S2/c23-17-8-6-16(7-9-17)14-24(18-12-13-31(26,27)15-18)22(25)20-10-11-21(30-20)32(28,29)19-4-2-1-3-5-19/h1-11,18H,12-15H2. The SMILES string of the molecule is O=C(c1ccc(S(=O)(=O)c2ccccc2)o1)N(Cc1ccc(F)cc1)C1CCS(=O)(=O)C1. The number of carbonyl (C=O) groups excluding carboxylic acids is 1. The van der Waals surface area contributed by atoms with E-state index in [1.165, 1.54) is 53.4 Å². The van der Waals surface area contributed by atoms with Crippen LogP contribution in [0.3, 0.4) is 0 Å². The number of amides is 1. The van der Waals surface area contributed by atoms with Crippen LogP contribution in [-0.2, 0) is 26.2 Å². The Bertz CT molecular complexity index is 1330. The summed E-state index contributed by atoms with van der Waals surface area (Å²) in [6, 6.07) is 15.1. The molecule has 1 atom stereocenters. The zero-order valence-corrected chi connectivity index (χ0v) is 18.5. The van der Waals surface area contributed by atoms with Crippen LogP contribution in [-0.4, -0.2) is 45.2 Å². The molecule has 7 nitrogen and oxygen atoms in total. The molecular weight excluding hydrogens is 457 g/mol. The molecule has 0 saturated carbocycles. The summed E-state index contributed by atoms with van der Waals surface area (Å²) in [6.45, 7) is 0.0285. The van der Waals surface area contributed by atoms with Crippen LogP contribution < -0.4 is 0 Å². The van der Waals surface area contributed by atoms with Crippen molar-refractivity contribution in [3.05, 3.63) is 83.9 Å². The summed E-state index contributed by atoms with van der Waals surface area (Å²) in [7, 11) is -7.24. The van der Waals surface area contributed by atoms with Crippen LogP contribution in [0, 0.1) is 5.82 Å². The first-order valence-corrected chi connectivity index (χ1v) is 13.1. The minimum Gasteiger partial charge on any atom is -0.439 e. The van der Waals surface area contributed by atoms with Gasteiger partial charge in [0.1, 0.15) is 5.82 Å². The van der Waals surface area contributed by atoms with Crippen molar-refractivity contribution in [2.24, 2.45) is 0 Å². The minimum atomic E-state index is -3.95. The largest absolute Gasteiger partial charge is 0.439 e. The predicted octanol–water partition coefficient (Wildman–Crippen LogP) is 3.08. The average molecular weight is 478 g/mol. The first kappa shape index (κ1) is 22.2. The summed E-state index contributed by atoms with van der Waals surface area (Å²) in [5.41, 5.74) is 0.604. The molecule has 0 radical (unpaired) electrons. The summed E-state index contributed by atoms with van der Waals surface area (Å²) in [5.74, 6) is -1.53. The third kappa shape index (κ3) is 4.61. The Labute approximate surface area is 185 Å². The predicted molar refractivity (Wildman–Crippen MR) is 114 cm³/mol. The van der Waals surface area contributed by atoms with Crippen LogP contribution in [0.25, 0.3) is 0 Å². The molecule has 2 aromatic carbocycles. The average Bonchev–Trinajstić information content (AvgIpc) is 3.41. The molecule has 0 aliphatic carbocycles. The maximum absolute atomic E-state index is 13.3. The van der Waals surface area contributed by atoms with Crippen molar-refractivity contribution in [2.45, 2.75) is 29.0 Å². The van der Waals surface area contributed by atoms with Gasteiger partial charge in [0.25, 0.3) is 5.91 Å². The van der Waals surface area contributed by atoms with E-state index in [4.69, 9.17) is 4.42 Å². The molecule has 1 aromatic heterocycles. The lowest BCUT2D eigenvalue weighted by Gasteiger charge is -2.27. The van der Waals surface area contributed by atoms with Crippen LogP contribution in [0.4, 0.5) is 4.39 Å². The molecule has 1 aliphatic heterocycles. The number of carbonyl (C=O) groups is 1. The third-order valence-electron chi connectivity index (χ3n) is 5.29. The first-order valence-electron chi connectivity index (χ1n) is 9.81. The quantitative estimate of drug-likeness (QED) is 0.541. The summed E-state index contributed by atoms with van der Waals surface area (Å²) in [6.07, 6.45) is 0.255. The second-order valence-corrected chi connectivity index (χ2v) is 11.7. The van der Waals surface area contributed by atoms with E-state index in [1.807, 2.05) is 0 Å². The Morgan fingerprint density at radius 3 is 2.34 bits per heavy atom. The van der Waals surface area contributed by atoms with Crippen molar-refractivity contribution in [3.8, 4) is 0 Å². The highest BCUT2D eigenvalue weighted by Gasteiger charge is 2.36. The Balaban J connectivity index is 1.65. The molecule has 1 unspecified atom stereocenters. The van der Waals surface area contributed by atoms with E-state index < -0.39 is 37.4 Å². The van der Waals surface area contributed by atoms with Crippen LogP contribution in [0.5, 0.6) is 0 Å². The van der Waals surface area contributed by atoms with Gasteiger partial charge >= 0.3 is 0 Å². The Morgan fingerprint density at radius 1 is 1.03 bits per heavy atom. The maximum atomic E-state index is 13.3. The number of furan rings is 1. The highest BCUT2D eigenvalue weighted by atomic mass is 32.2. The van der Waals surface area contributed by atoms with Gasteiger partial charge in [0.2, 0.25) is 14.9 Å². The Morgan fingerprint density at radius 2 is 1.72 bits per heavy atom. The lowest BCUT2D eigenvalue weighted by Crippen LogP contribution is -2.40. The molecule has 32 heavy (non-hydrogen) atoms. The third-order valence-corrected chi connectivity index (χ3v) is 8.68. The van der Waals surface area contributed by atoms with E-state index in [-0.39, 0.29) is 40.2 Å². The highest BCUT2D eigenvalue weighted by molar-refractivity contribution is 7.91. The Hall–Kier alpha value is -2.98. The minimum absolute atomic E-state index is 0.0263. The van der Waals surface area contributed by atoms with Gasteiger partial charge in [-0.25, -0.2) is 21.2 Å². The molecule has 168 valence electrons. The van der Waals surface area contributed by atoms with Crippen molar-refractivity contribution in [2.75, 3.05) is 11.5 Å². The number of halogens is 1. The van der Waals surface area contributed by atoms with Crippen LogP contribution in [0.15, 0.2) is 81.1 Å². The lowest BCUT2D eigenvalue weighted by molar-refractivity contribution is 0.0642. The molecule has 3 aromatic rings. The monoisotopic (exact) mass is 477 g/mol. The first-order chi connectivity index (χ1) is 15.2. The van der Waals surface area contributed by atoms with E-state index in [0.29, 0.717) is 5.56 Å². The zero-order chi connectivity index (χ0) is 22.9. The van der Waals surface area contributed by atoms with E-state index >= 15 is 0 Å². The van der Waals surface area contributed by atoms with E-state index in [9.17, 15) is 26.0 Å². The summed E-state index contributed by atoms with van der Waals surface area (Å²) in [4.78, 5) is 14.6. The highest BCUT2D eigenvalue weighted by Crippen LogP contribution is 2.26. The number of nitrogens with zero attached hydrogens (tertiary/aromatic N) is 1. The van der Waals surface area contributed by atoms with Gasteiger partial charge in [-0.05, 0) is 48.4 Å². The van der Waals surface area contributed by atoms with Crippen molar-refractivity contribution in [1.29, 1.82) is 0 Å². The van der Waals surface area contributed by atoms with Gasteiger partial charge in [-0.3, -0.25) is 4.79 Å². The molecule has 0 spiro atoms. The van der Waals surface area contributed by atoms with Crippen molar-refractivity contribution < 1.29 is 30.4 Å². The molecule has 10 heteroatoms. The fourth-order valence-corrected chi connectivity index (χ4v) is 6.54. The van der Waals surface area contributed by atoms with Crippen LogP contribution >= 0.6 is 0 Å². The fourth-order valence-electron chi connectivity index (χ4n) is 3.61. The maximum Gasteiger partial charge on any atom is 0.290 e. The molecular formula is C22H20FNO6S2. The topological polar surface area (TPSA) is 102 Å². The summed E-state index contributed by atoms with van der Waals surface area (Å²) in [5, 5.41) is -0.382. The van der Waals surface area contributed by atoms with Crippen molar-refractivity contribution in [1.82, 2.24) is 4.90 Å². The molecule has 0 bridgehead atoms. The van der Waals surface area contributed by atoms with Crippen LogP contribution in [0.1, 0.15) is 22.5 Å². The summed E-state index contributed by atoms with van der Waals surface area (Å²) >= 11 is 0. The number of hydrogen-bond acceptors (Lipinski definition) is 6. The molecule has 1 amide bonds.